The summed E-state index contributed by atoms with van der Waals surface area (Å²) < 4.78 is 25.1. The van der Waals surface area contributed by atoms with E-state index in [-0.39, 0.29) is 24.4 Å². The van der Waals surface area contributed by atoms with Crippen LogP contribution in [0.4, 0.5) is 0 Å². The molecule has 2 fully saturated rings. The Labute approximate surface area is 131 Å². The number of sulfonamides is 1. The van der Waals surface area contributed by atoms with E-state index in [0.717, 1.165) is 6.54 Å². The molecule has 1 N–H and O–H groups in total. The standard InChI is InChI=1S/C15H21N3O3S/c1-22(20,21)18-9-13-8-17(7-12-5-3-2-4-6-12)10-14(11-18)16-15(13)19/h2-6,13-14H,7-11H2,1H3,(H,16,19)/t13-,14+/m1/s1. The molecule has 0 spiro atoms. The van der Waals surface area contributed by atoms with Gasteiger partial charge in [-0.15, -0.1) is 0 Å². The van der Waals surface area contributed by atoms with Crippen LogP contribution in [0.2, 0.25) is 0 Å². The van der Waals surface area contributed by atoms with Crippen LogP contribution in [0.15, 0.2) is 30.3 Å². The first-order valence-electron chi connectivity index (χ1n) is 7.43. The molecule has 2 aliphatic rings. The van der Waals surface area contributed by atoms with Gasteiger partial charge in [0.05, 0.1) is 18.2 Å². The van der Waals surface area contributed by atoms with Crippen LogP contribution in [0.5, 0.6) is 0 Å². The van der Waals surface area contributed by atoms with Gasteiger partial charge in [0, 0.05) is 32.7 Å². The van der Waals surface area contributed by atoms with Crippen LogP contribution in [0, 0.1) is 5.92 Å². The number of amides is 1. The highest BCUT2D eigenvalue weighted by Crippen LogP contribution is 2.19. The summed E-state index contributed by atoms with van der Waals surface area (Å²) in [6.07, 6.45) is 1.21. The largest absolute Gasteiger partial charge is 0.350 e. The zero-order valence-corrected chi connectivity index (χ0v) is 13.4. The van der Waals surface area contributed by atoms with Crippen LogP contribution in [-0.2, 0) is 21.4 Å². The highest BCUT2D eigenvalue weighted by molar-refractivity contribution is 7.88. The first-order valence-corrected chi connectivity index (χ1v) is 9.28. The number of carbonyl (C=O) groups excluding carboxylic acids is 1. The zero-order valence-electron chi connectivity index (χ0n) is 12.6. The summed E-state index contributed by atoms with van der Waals surface area (Å²) in [6.45, 7) is 2.66. The third kappa shape index (κ3) is 3.48. The number of nitrogens with zero attached hydrogens (tertiary/aromatic N) is 2. The smallest absolute Gasteiger partial charge is 0.226 e. The fraction of sp³-hybridized carbons (Fsp3) is 0.533. The maximum Gasteiger partial charge on any atom is 0.226 e. The Bertz CT molecular complexity index is 647. The van der Waals surface area contributed by atoms with Gasteiger partial charge >= 0.3 is 0 Å². The van der Waals surface area contributed by atoms with Crippen molar-refractivity contribution in [3.8, 4) is 0 Å². The molecule has 0 aliphatic carbocycles. The molecule has 1 aromatic rings. The fourth-order valence-corrected chi connectivity index (χ4v) is 4.10. The molecule has 0 unspecified atom stereocenters. The summed E-state index contributed by atoms with van der Waals surface area (Å²) in [6, 6.07) is 9.97. The number of rotatable bonds is 3. The third-order valence-corrected chi connectivity index (χ3v) is 5.48. The number of benzene rings is 1. The highest BCUT2D eigenvalue weighted by Gasteiger charge is 2.38. The second kappa shape index (κ2) is 5.98. The van der Waals surface area contributed by atoms with Crippen molar-refractivity contribution in [3.63, 3.8) is 0 Å². The molecular weight excluding hydrogens is 302 g/mol. The molecule has 0 saturated carbocycles. The Morgan fingerprint density at radius 2 is 1.86 bits per heavy atom. The second-order valence-electron chi connectivity index (χ2n) is 6.16. The summed E-state index contributed by atoms with van der Waals surface area (Å²) in [4.78, 5) is 14.4. The van der Waals surface area contributed by atoms with E-state index in [1.165, 1.54) is 16.1 Å². The lowest BCUT2D eigenvalue weighted by Crippen LogP contribution is -2.48. The number of hydrogen-bond acceptors (Lipinski definition) is 4. The summed E-state index contributed by atoms with van der Waals surface area (Å²) in [5.74, 6) is -0.349. The van der Waals surface area contributed by atoms with E-state index in [9.17, 15) is 13.2 Å². The quantitative estimate of drug-likeness (QED) is 0.842. The van der Waals surface area contributed by atoms with Gasteiger partial charge in [0.1, 0.15) is 0 Å². The molecule has 120 valence electrons. The van der Waals surface area contributed by atoms with Crippen molar-refractivity contribution >= 4 is 15.9 Å². The molecule has 1 amide bonds. The molecule has 3 rings (SSSR count). The summed E-state index contributed by atoms with van der Waals surface area (Å²) in [5, 5.41) is 2.97. The van der Waals surface area contributed by atoms with Gasteiger partial charge in [0.25, 0.3) is 0 Å². The van der Waals surface area contributed by atoms with E-state index in [0.29, 0.717) is 19.6 Å². The summed E-state index contributed by atoms with van der Waals surface area (Å²) in [7, 11) is -3.27. The minimum atomic E-state index is -3.27. The minimum Gasteiger partial charge on any atom is -0.350 e. The first kappa shape index (κ1) is 15.5. The maximum atomic E-state index is 12.2. The lowest BCUT2D eigenvalue weighted by molar-refractivity contribution is -0.124. The average molecular weight is 323 g/mol. The Morgan fingerprint density at radius 3 is 2.55 bits per heavy atom. The number of fused-ring (bicyclic) bond motifs is 3. The van der Waals surface area contributed by atoms with Crippen molar-refractivity contribution in [1.82, 2.24) is 14.5 Å². The van der Waals surface area contributed by atoms with Crippen molar-refractivity contribution < 1.29 is 13.2 Å². The molecule has 22 heavy (non-hydrogen) atoms. The zero-order chi connectivity index (χ0) is 15.7. The van der Waals surface area contributed by atoms with Crippen LogP contribution >= 0.6 is 0 Å². The van der Waals surface area contributed by atoms with Crippen LogP contribution in [0.25, 0.3) is 0 Å². The van der Waals surface area contributed by atoms with Crippen molar-refractivity contribution in [2.24, 2.45) is 5.92 Å². The van der Waals surface area contributed by atoms with Gasteiger partial charge in [-0.2, -0.15) is 4.31 Å². The fourth-order valence-electron chi connectivity index (χ4n) is 3.20. The molecule has 2 bridgehead atoms. The molecule has 1 aromatic carbocycles. The Morgan fingerprint density at radius 1 is 1.14 bits per heavy atom. The lowest BCUT2D eigenvalue weighted by Gasteiger charge is -2.32. The van der Waals surface area contributed by atoms with E-state index in [2.05, 4.69) is 22.3 Å². The van der Waals surface area contributed by atoms with E-state index < -0.39 is 10.0 Å². The monoisotopic (exact) mass is 323 g/mol. The molecule has 2 heterocycles. The highest BCUT2D eigenvalue weighted by atomic mass is 32.2. The lowest BCUT2D eigenvalue weighted by atomic mass is 10.1. The van der Waals surface area contributed by atoms with Crippen LogP contribution in [0.1, 0.15) is 5.56 Å². The maximum absolute atomic E-state index is 12.2. The van der Waals surface area contributed by atoms with Gasteiger partial charge < -0.3 is 5.32 Å². The van der Waals surface area contributed by atoms with Crippen LogP contribution in [0.3, 0.4) is 0 Å². The predicted molar refractivity (Wildman–Crippen MR) is 83.6 cm³/mol. The molecule has 7 heteroatoms. The molecule has 0 aromatic heterocycles. The average Bonchev–Trinajstić information content (AvgIpc) is 2.66. The Hall–Kier alpha value is -1.44. The molecule has 2 saturated heterocycles. The molecular formula is C15H21N3O3S. The molecule has 0 radical (unpaired) electrons. The second-order valence-corrected chi connectivity index (χ2v) is 8.14. The SMILES string of the molecule is CS(=O)(=O)N1C[C@@H]2CN(Cc3ccccc3)C[C@H](C1)C(=O)N2. The molecule has 2 aliphatic heterocycles. The normalized spacial score (nSPS) is 27.2. The number of carbonyl (C=O) groups is 1. The van der Waals surface area contributed by atoms with E-state index in [1.54, 1.807) is 0 Å². The van der Waals surface area contributed by atoms with E-state index >= 15 is 0 Å². The van der Waals surface area contributed by atoms with Crippen molar-refractivity contribution in [2.45, 2.75) is 12.6 Å². The van der Waals surface area contributed by atoms with Crippen molar-refractivity contribution in [3.05, 3.63) is 35.9 Å². The summed E-state index contributed by atoms with van der Waals surface area (Å²) >= 11 is 0. The van der Waals surface area contributed by atoms with E-state index in [4.69, 9.17) is 0 Å². The van der Waals surface area contributed by atoms with Gasteiger partial charge in [-0.05, 0) is 5.56 Å². The Kier molecular flexibility index (Phi) is 4.20. The van der Waals surface area contributed by atoms with Gasteiger partial charge in [-0.3, -0.25) is 9.69 Å². The Balaban J connectivity index is 1.77. The van der Waals surface area contributed by atoms with Gasteiger partial charge in [-0.1, -0.05) is 30.3 Å². The minimum absolute atomic E-state index is 0.0355. The molecule has 6 nitrogen and oxygen atoms in total. The molecule has 2 atom stereocenters. The topological polar surface area (TPSA) is 69.7 Å². The van der Waals surface area contributed by atoms with Gasteiger partial charge in [-0.25, -0.2) is 8.42 Å². The number of nitrogens with one attached hydrogen (secondary N) is 1. The van der Waals surface area contributed by atoms with Gasteiger partial charge in [0.15, 0.2) is 0 Å². The summed E-state index contributed by atoms with van der Waals surface area (Å²) in [5.41, 5.74) is 1.20. The van der Waals surface area contributed by atoms with Crippen molar-refractivity contribution in [1.29, 1.82) is 0 Å². The van der Waals surface area contributed by atoms with Gasteiger partial charge in [0.2, 0.25) is 15.9 Å². The van der Waals surface area contributed by atoms with E-state index in [1.807, 2.05) is 18.2 Å². The van der Waals surface area contributed by atoms with Crippen LogP contribution in [-0.4, -0.2) is 62.0 Å². The number of hydrogen-bond donors (Lipinski definition) is 1. The predicted octanol–water partition coefficient (Wildman–Crippen LogP) is -0.122. The first-order chi connectivity index (χ1) is 10.4. The van der Waals surface area contributed by atoms with Crippen LogP contribution < -0.4 is 5.32 Å². The third-order valence-electron chi connectivity index (χ3n) is 4.24. The van der Waals surface area contributed by atoms with Crippen molar-refractivity contribution in [2.75, 3.05) is 32.4 Å².